The van der Waals surface area contributed by atoms with Crippen molar-refractivity contribution in [1.82, 2.24) is 0 Å². The molecule has 3 aromatic carbocycles. The second-order valence-corrected chi connectivity index (χ2v) is 11.3. The third kappa shape index (κ3) is 5.73. The van der Waals surface area contributed by atoms with Crippen LogP contribution in [0.4, 0.5) is 13.2 Å². The van der Waals surface area contributed by atoms with Gasteiger partial charge < -0.3 is 19.7 Å². The average Bonchev–Trinajstić information content (AvgIpc) is 2.85. The van der Waals surface area contributed by atoms with Crippen LogP contribution in [0.2, 0.25) is 0 Å². The van der Waals surface area contributed by atoms with E-state index in [1.807, 2.05) is 0 Å². The van der Waals surface area contributed by atoms with Crippen LogP contribution in [-0.4, -0.2) is 50.6 Å². The fourth-order valence-electron chi connectivity index (χ4n) is 3.20. The molecule has 0 saturated carbocycles. The highest BCUT2D eigenvalue weighted by Crippen LogP contribution is 2.74. The van der Waals surface area contributed by atoms with Crippen LogP contribution < -0.4 is 9.47 Å². The second kappa shape index (κ2) is 11.3. The van der Waals surface area contributed by atoms with Crippen molar-refractivity contribution < 1.29 is 44.9 Å². The molecular weight excluding hydrogens is 509 g/mol. The molecule has 0 unspecified atom stereocenters. The Morgan fingerprint density at radius 2 is 1.11 bits per heavy atom. The number of ether oxygens (including phenoxy) is 2. The molecule has 12 heteroatoms. The lowest BCUT2D eigenvalue weighted by atomic mass is 10.3. The number of para-hydroxylation sites is 2. The first-order valence-electron chi connectivity index (χ1n) is 10.2. The molecule has 35 heavy (non-hydrogen) atoms. The maximum absolute atomic E-state index is 13.7. The molecule has 0 atom stereocenters. The van der Waals surface area contributed by atoms with Gasteiger partial charge in [-0.15, -0.1) is 0 Å². The van der Waals surface area contributed by atoms with Gasteiger partial charge in [-0.1, -0.05) is 42.5 Å². The Morgan fingerprint density at radius 1 is 0.686 bits per heavy atom. The summed E-state index contributed by atoms with van der Waals surface area (Å²) in [6.07, 6.45) is 0. The number of benzene rings is 3. The Balaban J connectivity index is 2.46. The van der Waals surface area contributed by atoms with Crippen molar-refractivity contribution in [3.63, 3.8) is 0 Å². The standard InChI is InChI=1S/C23H23F3O7S2/c24-23(25,26)35(29,30)33-34(18-8-2-1-3-9-18,21-12-6-4-10-19(21)31-16-14-27)22-13-7-5-11-20(22)32-17-15-28/h1-13,27-28H,14-17H2. The van der Waals surface area contributed by atoms with Crippen molar-refractivity contribution in [3.8, 4) is 11.5 Å². The highest BCUT2D eigenvalue weighted by Gasteiger charge is 2.53. The van der Waals surface area contributed by atoms with Gasteiger partial charge in [0.1, 0.15) is 24.7 Å². The summed E-state index contributed by atoms with van der Waals surface area (Å²) >= 11 is 0. The van der Waals surface area contributed by atoms with Gasteiger partial charge in [0.25, 0.3) is 0 Å². The summed E-state index contributed by atoms with van der Waals surface area (Å²) in [6.45, 7) is -1.17. The molecule has 0 aliphatic heterocycles. The van der Waals surface area contributed by atoms with Gasteiger partial charge >= 0.3 is 15.6 Å². The van der Waals surface area contributed by atoms with Gasteiger partial charge in [-0.05, 0) is 46.7 Å². The fraction of sp³-hybridized carbons (Fsp3) is 0.217. The lowest BCUT2D eigenvalue weighted by molar-refractivity contribution is -0.0496. The van der Waals surface area contributed by atoms with E-state index in [0.29, 0.717) is 0 Å². The number of hydrogen-bond donors (Lipinski definition) is 2. The molecule has 0 heterocycles. The van der Waals surface area contributed by atoms with Crippen LogP contribution >= 0.6 is 10.3 Å². The topological polar surface area (TPSA) is 102 Å². The first-order valence-corrected chi connectivity index (χ1v) is 13.2. The molecule has 2 N–H and O–H groups in total. The summed E-state index contributed by atoms with van der Waals surface area (Å²) in [7, 11) is -9.86. The monoisotopic (exact) mass is 532 g/mol. The summed E-state index contributed by atoms with van der Waals surface area (Å²) in [6, 6.07) is 19.4. The summed E-state index contributed by atoms with van der Waals surface area (Å²) in [5.41, 5.74) is -5.72. The van der Waals surface area contributed by atoms with Crippen LogP contribution in [-0.2, 0) is 13.7 Å². The highest BCUT2D eigenvalue weighted by molar-refractivity contribution is 8.33. The predicted octanol–water partition coefficient (Wildman–Crippen LogP) is 4.49. The van der Waals surface area contributed by atoms with Crippen molar-refractivity contribution in [3.05, 3.63) is 78.9 Å². The van der Waals surface area contributed by atoms with Gasteiger partial charge in [0.05, 0.1) is 23.0 Å². The van der Waals surface area contributed by atoms with E-state index >= 15 is 0 Å². The number of alkyl halides is 3. The van der Waals surface area contributed by atoms with Crippen LogP contribution in [0.3, 0.4) is 0 Å². The van der Waals surface area contributed by atoms with E-state index in [9.17, 15) is 31.8 Å². The minimum atomic E-state index is -6.15. The molecule has 0 spiro atoms. The zero-order valence-electron chi connectivity index (χ0n) is 18.2. The molecular formula is C23H23F3O7S2. The summed E-state index contributed by atoms with van der Waals surface area (Å²) in [4.78, 5) is 0.132. The van der Waals surface area contributed by atoms with Crippen LogP contribution in [0.25, 0.3) is 0 Å². The predicted molar refractivity (Wildman–Crippen MR) is 123 cm³/mol. The third-order valence-electron chi connectivity index (χ3n) is 4.57. The van der Waals surface area contributed by atoms with Gasteiger partial charge in [-0.3, -0.25) is 0 Å². The molecule has 0 amide bonds. The molecule has 7 nitrogen and oxygen atoms in total. The SMILES string of the molecule is O=S(=O)(OS(c1ccccc1)(c1ccccc1OCCO)c1ccccc1OCCO)C(F)(F)F. The lowest BCUT2D eigenvalue weighted by Crippen LogP contribution is -2.28. The summed E-state index contributed by atoms with van der Waals surface area (Å²) in [5, 5.41) is 18.5. The molecule has 0 saturated heterocycles. The van der Waals surface area contributed by atoms with Gasteiger partial charge in [-0.2, -0.15) is 25.2 Å². The van der Waals surface area contributed by atoms with E-state index in [1.54, 1.807) is 18.2 Å². The Hall–Kier alpha value is -2.77. The van der Waals surface area contributed by atoms with Crippen molar-refractivity contribution in [2.24, 2.45) is 0 Å². The smallest absolute Gasteiger partial charge is 0.490 e. The van der Waals surface area contributed by atoms with E-state index in [0.717, 1.165) is 0 Å². The normalized spacial score (nSPS) is 12.8. The zero-order chi connectivity index (χ0) is 25.5. The molecule has 0 radical (unpaired) electrons. The molecule has 0 aliphatic carbocycles. The van der Waals surface area contributed by atoms with Crippen molar-refractivity contribution in [2.45, 2.75) is 20.2 Å². The third-order valence-corrected chi connectivity index (χ3v) is 9.52. The Morgan fingerprint density at radius 3 is 1.54 bits per heavy atom. The Kier molecular flexibility index (Phi) is 8.67. The number of aliphatic hydroxyl groups excluding tert-OH is 2. The quantitative estimate of drug-likeness (QED) is 0.351. The summed E-state index contributed by atoms with van der Waals surface area (Å²) in [5.74, 6) is 0.0458. The van der Waals surface area contributed by atoms with Gasteiger partial charge in [0.15, 0.2) is 0 Å². The zero-order valence-corrected chi connectivity index (χ0v) is 19.9. The van der Waals surface area contributed by atoms with E-state index in [2.05, 4.69) is 0 Å². The molecule has 190 valence electrons. The largest absolute Gasteiger partial charge is 0.524 e. The minimum absolute atomic E-state index is 0.00697. The van der Waals surface area contributed by atoms with Gasteiger partial charge in [-0.25, -0.2) is 0 Å². The Labute approximate surface area is 202 Å². The first-order chi connectivity index (χ1) is 16.7. The van der Waals surface area contributed by atoms with Crippen LogP contribution in [0, 0.1) is 0 Å². The van der Waals surface area contributed by atoms with Gasteiger partial charge in [0, 0.05) is 4.90 Å². The van der Waals surface area contributed by atoms with E-state index in [-0.39, 0.29) is 52.6 Å². The second-order valence-electron chi connectivity index (χ2n) is 6.87. The number of halogens is 3. The molecule has 0 aromatic heterocycles. The number of hydrogen-bond acceptors (Lipinski definition) is 7. The van der Waals surface area contributed by atoms with E-state index in [4.69, 9.17) is 13.1 Å². The van der Waals surface area contributed by atoms with Crippen LogP contribution in [0.1, 0.15) is 0 Å². The van der Waals surface area contributed by atoms with Crippen LogP contribution in [0.15, 0.2) is 93.5 Å². The maximum atomic E-state index is 13.7. The summed E-state index contributed by atoms with van der Waals surface area (Å²) < 4.78 is 82.6. The van der Waals surface area contributed by atoms with Crippen molar-refractivity contribution in [1.29, 1.82) is 0 Å². The minimum Gasteiger partial charge on any atom is -0.490 e. The molecule has 0 fully saturated rings. The fourth-order valence-corrected chi connectivity index (χ4v) is 8.13. The van der Waals surface area contributed by atoms with Gasteiger partial charge in [0.2, 0.25) is 0 Å². The van der Waals surface area contributed by atoms with E-state index in [1.165, 1.54) is 60.7 Å². The highest BCUT2D eigenvalue weighted by atomic mass is 32.3. The van der Waals surface area contributed by atoms with Crippen molar-refractivity contribution >= 4 is 20.4 Å². The average molecular weight is 533 g/mol. The maximum Gasteiger partial charge on any atom is 0.524 e. The first kappa shape index (κ1) is 26.8. The number of rotatable bonds is 11. The molecule has 3 aromatic rings. The van der Waals surface area contributed by atoms with Crippen molar-refractivity contribution in [2.75, 3.05) is 26.4 Å². The van der Waals surface area contributed by atoms with Crippen LogP contribution in [0.5, 0.6) is 11.5 Å². The molecule has 0 bridgehead atoms. The number of aliphatic hydroxyl groups is 2. The molecule has 3 rings (SSSR count). The lowest BCUT2D eigenvalue weighted by Gasteiger charge is -2.40. The molecule has 0 aliphatic rings. The Bertz CT molecular complexity index is 1170. The van der Waals surface area contributed by atoms with E-state index < -0.39 is 25.9 Å².